The number of rotatable bonds is 2. The summed E-state index contributed by atoms with van der Waals surface area (Å²) in [5.41, 5.74) is 2.02. The van der Waals surface area contributed by atoms with Crippen molar-refractivity contribution >= 4 is 27.3 Å². The molecule has 0 heterocycles. The first-order valence-corrected chi connectivity index (χ1v) is 4.56. The predicted octanol–water partition coefficient (Wildman–Crippen LogP) is 2.40. The molecule has 0 amide bonds. The first-order chi connectivity index (χ1) is 7.19. The second-order valence-electron chi connectivity index (χ2n) is 2.39. The fourth-order valence-corrected chi connectivity index (χ4v) is 1.22. The van der Waals surface area contributed by atoms with Gasteiger partial charge in [0.05, 0.1) is 0 Å². The molecule has 4 nitrogen and oxygen atoms in total. The maximum atomic E-state index is 13.2. The smallest absolute Gasteiger partial charge is 0.237 e. The second kappa shape index (κ2) is 5.08. The van der Waals surface area contributed by atoms with Crippen LogP contribution in [0.15, 0.2) is 27.8 Å². The van der Waals surface area contributed by atoms with Crippen LogP contribution in [0.3, 0.4) is 0 Å². The van der Waals surface area contributed by atoms with Crippen LogP contribution in [0.5, 0.6) is 0 Å². The molecule has 0 radical (unpaired) electrons. The lowest BCUT2D eigenvalue weighted by atomic mass is 10.3. The van der Waals surface area contributed by atoms with Crippen molar-refractivity contribution in [3.05, 3.63) is 28.5 Å². The second-order valence-corrected chi connectivity index (χ2v) is 3.25. The van der Waals surface area contributed by atoms with Gasteiger partial charge in [0.1, 0.15) is 23.6 Å². The molecule has 0 aliphatic heterocycles. The average Bonchev–Trinajstić information content (AvgIpc) is 2.23. The van der Waals surface area contributed by atoms with Gasteiger partial charge < -0.3 is 0 Å². The van der Waals surface area contributed by atoms with Crippen molar-refractivity contribution in [1.82, 2.24) is 0 Å². The monoisotopic (exact) mass is 266 g/mol. The predicted molar refractivity (Wildman–Crippen MR) is 56.4 cm³/mol. The standard InChI is InChI=1S/C9H4BrFN4/c10-7-2-1-3-8(11)9(7)15-14-6(4-12)5-13/h1-3,15H. The maximum Gasteiger partial charge on any atom is 0.237 e. The third-order valence-electron chi connectivity index (χ3n) is 1.45. The lowest BCUT2D eigenvalue weighted by molar-refractivity contribution is 0.630. The van der Waals surface area contributed by atoms with Gasteiger partial charge in [-0.2, -0.15) is 15.6 Å². The molecule has 0 fully saturated rings. The molecule has 1 aromatic rings. The van der Waals surface area contributed by atoms with Crippen LogP contribution in [0.25, 0.3) is 0 Å². The molecule has 74 valence electrons. The van der Waals surface area contributed by atoms with Crippen molar-refractivity contribution in [3.63, 3.8) is 0 Å². The highest BCUT2D eigenvalue weighted by molar-refractivity contribution is 9.10. The van der Waals surface area contributed by atoms with Crippen molar-refractivity contribution in [2.75, 3.05) is 5.43 Å². The Balaban J connectivity index is 2.98. The number of nitrogens with zero attached hydrogens (tertiary/aromatic N) is 3. The Bertz CT molecular complexity index is 448. The maximum absolute atomic E-state index is 13.2. The van der Waals surface area contributed by atoms with Crippen LogP contribution >= 0.6 is 15.9 Å². The number of benzene rings is 1. The van der Waals surface area contributed by atoms with Crippen molar-refractivity contribution in [2.24, 2.45) is 5.10 Å². The summed E-state index contributed by atoms with van der Waals surface area (Å²) >= 11 is 3.10. The molecular weight excluding hydrogens is 263 g/mol. The van der Waals surface area contributed by atoms with E-state index < -0.39 is 5.82 Å². The SMILES string of the molecule is N#CC(C#N)=NNc1c(F)cccc1Br. The Kier molecular flexibility index (Phi) is 3.78. The number of halogens is 2. The Labute approximate surface area is 93.8 Å². The molecule has 1 rings (SSSR count). The Hall–Kier alpha value is -1.92. The van der Waals surface area contributed by atoms with E-state index in [1.807, 2.05) is 0 Å². The molecule has 0 bridgehead atoms. The van der Waals surface area contributed by atoms with Crippen LogP contribution in [-0.4, -0.2) is 5.71 Å². The fraction of sp³-hybridized carbons (Fsp3) is 0. The van der Waals surface area contributed by atoms with E-state index in [1.165, 1.54) is 12.1 Å². The quantitative estimate of drug-likeness (QED) is 0.660. The first-order valence-electron chi connectivity index (χ1n) is 3.77. The van der Waals surface area contributed by atoms with E-state index >= 15 is 0 Å². The van der Waals surface area contributed by atoms with E-state index in [0.717, 1.165) is 0 Å². The van der Waals surface area contributed by atoms with Crippen LogP contribution in [0.4, 0.5) is 10.1 Å². The molecule has 0 spiro atoms. The molecule has 0 saturated heterocycles. The van der Waals surface area contributed by atoms with Crippen LogP contribution in [0, 0.1) is 28.5 Å². The van der Waals surface area contributed by atoms with E-state index in [1.54, 1.807) is 18.2 Å². The largest absolute Gasteiger partial charge is 0.272 e. The molecule has 0 aromatic heterocycles. The molecular formula is C9H4BrFN4. The van der Waals surface area contributed by atoms with E-state index in [0.29, 0.717) is 4.47 Å². The Morgan fingerprint density at radius 3 is 2.60 bits per heavy atom. The van der Waals surface area contributed by atoms with Gasteiger partial charge in [0.25, 0.3) is 0 Å². The highest BCUT2D eigenvalue weighted by Crippen LogP contribution is 2.24. The Morgan fingerprint density at radius 2 is 2.07 bits per heavy atom. The van der Waals surface area contributed by atoms with Gasteiger partial charge in [-0.3, -0.25) is 5.43 Å². The number of nitriles is 2. The summed E-state index contributed by atoms with van der Waals surface area (Å²) < 4.78 is 13.6. The number of hydrogen-bond acceptors (Lipinski definition) is 4. The van der Waals surface area contributed by atoms with Crippen LogP contribution in [0.1, 0.15) is 0 Å². The van der Waals surface area contributed by atoms with Crippen molar-refractivity contribution in [2.45, 2.75) is 0 Å². The molecule has 1 aromatic carbocycles. The summed E-state index contributed by atoms with van der Waals surface area (Å²) in [7, 11) is 0. The van der Waals surface area contributed by atoms with Gasteiger partial charge in [-0.25, -0.2) is 4.39 Å². The summed E-state index contributed by atoms with van der Waals surface area (Å²) in [4.78, 5) is 0. The molecule has 15 heavy (non-hydrogen) atoms. The van der Waals surface area contributed by atoms with E-state index in [4.69, 9.17) is 10.5 Å². The van der Waals surface area contributed by atoms with Crippen molar-refractivity contribution in [1.29, 1.82) is 10.5 Å². The number of anilines is 1. The zero-order chi connectivity index (χ0) is 11.3. The zero-order valence-corrected chi connectivity index (χ0v) is 8.92. The number of hydrogen-bond donors (Lipinski definition) is 1. The Morgan fingerprint density at radius 1 is 1.40 bits per heavy atom. The van der Waals surface area contributed by atoms with Crippen molar-refractivity contribution in [3.8, 4) is 12.1 Å². The van der Waals surface area contributed by atoms with Crippen LogP contribution in [0.2, 0.25) is 0 Å². The van der Waals surface area contributed by atoms with E-state index in [9.17, 15) is 4.39 Å². The molecule has 0 atom stereocenters. The fourth-order valence-electron chi connectivity index (χ4n) is 0.791. The number of para-hydroxylation sites is 1. The summed E-state index contributed by atoms with van der Waals surface area (Å²) in [6.45, 7) is 0. The highest BCUT2D eigenvalue weighted by atomic mass is 79.9. The first kappa shape index (κ1) is 11.2. The number of hydrazone groups is 1. The van der Waals surface area contributed by atoms with Gasteiger partial charge in [-0.05, 0) is 28.1 Å². The third kappa shape index (κ3) is 2.76. The summed E-state index contributed by atoms with van der Waals surface area (Å²) in [6.07, 6.45) is 0. The molecule has 6 heteroatoms. The number of nitrogens with one attached hydrogen (secondary N) is 1. The van der Waals surface area contributed by atoms with E-state index in [2.05, 4.69) is 26.5 Å². The topological polar surface area (TPSA) is 72.0 Å². The normalized spacial score (nSPS) is 8.53. The summed E-state index contributed by atoms with van der Waals surface area (Å²) in [5, 5.41) is 20.2. The summed E-state index contributed by atoms with van der Waals surface area (Å²) in [6, 6.07) is 7.46. The lowest BCUT2D eigenvalue weighted by Crippen LogP contribution is -1.98. The van der Waals surface area contributed by atoms with Gasteiger partial charge in [0.2, 0.25) is 5.71 Å². The average molecular weight is 267 g/mol. The van der Waals surface area contributed by atoms with Gasteiger partial charge in [0, 0.05) is 4.47 Å². The highest BCUT2D eigenvalue weighted by Gasteiger charge is 2.05. The van der Waals surface area contributed by atoms with Crippen LogP contribution < -0.4 is 5.43 Å². The van der Waals surface area contributed by atoms with Gasteiger partial charge >= 0.3 is 0 Å². The summed E-state index contributed by atoms with van der Waals surface area (Å²) in [5.74, 6) is -0.525. The third-order valence-corrected chi connectivity index (χ3v) is 2.11. The zero-order valence-electron chi connectivity index (χ0n) is 7.33. The van der Waals surface area contributed by atoms with Gasteiger partial charge in [-0.1, -0.05) is 6.07 Å². The molecule has 0 aliphatic carbocycles. The minimum Gasteiger partial charge on any atom is -0.272 e. The van der Waals surface area contributed by atoms with Crippen LogP contribution in [-0.2, 0) is 0 Å². The van der Waals surface area contributed by atoms with Crippen molar-refractivity contribution < 1.29 is 4.39 Å². The van der Waals surface area contributed by atoms with Gasteiger partial charge in [-0.15, -0.1) is 0 Å². The lowest BCUT2D eigenvalue weighted by Gasteiger charge is -2.03. The van der Waals surface area contributed by atoms with Gasteiger partial charge in [0.15, 0.2) is 0 Å². The van der Waals surface area contributed by atoms with E-state index in [-0.39, 0.29) is 11.4 Å². The molecule has 1 N–H and O–H groups in total. The minimum absolute atomic E-state index is 0.0838. The minimum atomic E-state index is -0.525. The molecule has 0 aliphatic rings. The molecule has 0 saturated carbocycles. The molecule has 0 unspecified atom stereocenters.